The fraction of sp³-hybridized carbons (Fsp3) is 1.00. The van der Waals surface area contributed by atoms with Crippen LogP contribution >= 0.6 is 0 Å². The molecule has 0 amide bonds. The van der Waals surface area contributed by atoms with Gasteiger partial charge in [0.05, 0.1) is 0 Å². The van der Waals surface area contributed by atoms with Crippen molar-refractivity contribution < 1.29 is 0 Å². The summed E-state index contributed by atoms with van der Waals surface area (Å²) in [7, 11) is 0. The summed E-state index contributed by atoms with van der Waals surface area (Å²) in [4.78, 5) is 0. The Bertz CT molecular complexity index is 226. The predicted molar refractivity (Wildman–Crippen MR) is 60.0 cm³/mol. The van der Waals surface area contributed by atoms with Crippen molar-refractivity contribution in [3.05, 3.63) is 0 Å². The highest BCUT2D eigenvalue weighted by molar-refractivity contribution is 5.04. The molecule has 3 unspecified atom stereocenters. The van der Waals surface area contributed by atoms with Gasteiger partial charge < -0.3 is 0 Å². The van der Waals surface area contributed by atoms with Crippen molar-refractivity contribution in [2.24, 2.45) is 35.0 Å². The van der Waals surface area contributed by atoms with E-state index in [1.807, 2.05) is 0 Å². The van der Waals surface area contributed by atoms with E-state index in [1.54, 1.807) is 32.1 Å². The Hall–Kier alpha value is 0. The number of hydrogen-bond donors (Lipinski definition) is 0. The monoisotopic (exact) mass is 192 g/mol. The standard InChI is InChI=1S/C14H24/c1-9(2)13-12-5-10-4-11(6-12)8-14(13,3)7-10/h9-13H,4-8H2,1-3H3. The molecule has 0 aromatic heterocycles. The van der Waals surface area contributed by atoms with E-state index in [9.17, 15) is 0 Å². The minimum absolute atomic E-state index is 0.739. The number of rotatable bonds is 1. The molecule has 0 heteroatoms. The molecule has 80 valence electrons. The Kier molecular flexibility index (Phi) is 1.83. The van der Waals surface area contributed by atoms with Gasteiger partial charge in [-0.1, -0.05) is 20.8 Å². The molecule has 0 aromatic carbocycles. The lowest BCUT2D eigenvalue weighted by Gasteiger charge is -2.61. The van der Waals surface area contributed by atoms with Crippen LogP contribution in [0.4, 0.5) is 0 Å². The fourth-order valence-corrected chi connectivity index (χ4v) is 5.84. The third-order valence-corrected chi connectivity index (χ3v) is 5.48. The summed E-state index contributed by atoms with van der Waals surface area (Å²) in [5.41, 5.74) is 0.739. The largest absolute Gasteiger partial charge is 0.0625 e. The van der Waals surface area contributed by atoms with Gasteiger partial charge >= 0.3 is 0 Å². The maximum Gasteiger partial charge on any atom is -0.0287 e. The van der Waals surface area contributed by atoms with Gasteiger partial charge in [-0.15, -0.1) is 0 Å². The molecule has 0 spiro atoms. The normalized spacial score (nSPS) is 55.7. The van der Waals surface area contributed by atoms with Crippen molar-refractivity contribution in [1.29, 1.82) is 0 Å². The molecule has 0 heterocycles. The van der Waals surface area contributed by atoms with E-state index in [4.69, 9.17) is 0 Å². The van der Waals surface area contributed by atoms with Crippen LogP contribution in [0.3, 0.4) is 0 Å². The van der Waals surface area contributed by atoms with Gasteiger partial charge in [-0.25, -0.2) is 0 Å². The van der Waals surface area contributed by atoms with Crippen molar-refractivity contribution in [1.82, 2.24) is 0 Å². The summed E-state index contributed by atoms with van der Waals surface area (Å²) in [6.45, 7) is 7.51. The van der Waals surface area contributed by atoms with Crippen LogP contribution in [-0.4, -0.2) is 0 Å². The van der Waals surface area contributed by atoms with Gasteiger partial charge in [0.2, 0.25) is 0 Å². The van der Waals surface area contributed by atoms with E-state index < -0.39 is 0 Å². The third kappa shape index (κ3) is 1.12. The minimum atomic E-state index is 0.739. The first kappa shape index (κ1) is 9.24. The molecule has 0 radical (unpaired) electrons. The molecule has 4 saturated carbocycles. The zero-order chi connectivity index (χ0) is 9.92. The van der Waals surface area contributed by atoms with E-state index in [0.29, 0.717) is 0 Å². The fourth-order valence-electron chi connectivity index (χ4n) is 5.84. The lowest BCUT2D eigenvalue weighted by Crippen LogP contribution is -2.52. The Labute approximate surface area is 88.5 Å². The van der Waals surface area contributed by atoms with Crippen LogP contribution in [0.2, 0.25) is 0 Å². The second-order valence-corrected chi connectivity index (χ2v) is 7.03. The highest BCUT2D eigenvalue weighted by atomic mass is 14.6. The summed E-state index contributed by atoms with van der Waals surface area (Å²) < 4.78 is 0. The third-order valence-electron chi connectivity index (χ3n) is 5.48. The molecule has 4 aliphatic rings. The molecule has 4 bridgehead atoms. The van der Waals surface area contributed by atoms with Crippen molar-refractivity contribution in [2.45, 2.75) is 52.9 Å². The maximum atomic E-state index is 2.60. The van der Waals surface area contributed by atoms with E-state index >= 15 is 0 Å². The summed E-state index contributed by atoms with van der Waals surface area (Å²) >= 11 is 0. The zero-order valence-corrected chi connectivity index (χ0v) is 9.92. The van der Waals surface area contributed by atoms with Crippen LogP contribution in [0.1, 0.15) is 52.9 Å². The summed E-state index contributed by atoms with van der Waals surface area (Å²) in [5, 5.41) is 0. The smallest absolute Gasteiger partial charge is 0.0287 e. The van der Waals surface area contributed by atoms with Gasteiger partial charge in [0.25, 0.3) is 0 Å². The lowest BCUT2D eigenvalue weighted by atomic mass is 9.44. The maximum absolute atomic E-state index is 2.60. The lowest BCUT2D eigenvalue weighted by molar-refractivity contribution is -0.116. The summed E-state index contributed by atoms with van der Waals surface area (Å²) in [6, 6.07) is 0. The van der Waals surface area contributed by atoms with E-state index in [-0.39, 0.29) is 0 Å². The molecule has 0 aliphatic heterocycles. The SMILES string of the molecule is CC(C)C1C2CC3CC(C2)CC1(C)C3. The molecule has 0 N–H and O–H groups in total. The van der Waals surface area contributed by atoms with Gasteiger partial charge in [-0.3, -0.25) is 0 Å². The van der Waals surface area contributed by atoms with Crippen LogP contribution in [0.5, 0.6) is 0 Å². The Morgan fingerprint density at radius 2 is 1.57 bits per heavy atom. The van der Waals surface area contributed by atoms with Crippen molar-refractivity contribution in [3.8, 4) is 0 Å². The molecule has 0 nitrogen and oxygen atoms in total. The Morgan fingerprint density at radius 1 is 1.00 bits per heavy atom. The molecule has 14 heavy (non-hydrogen) atoms. The highest BCUT2D eigenvalue weighted by Gasteiger charge is 2.54. The summed E-state index contributed by atoms with van der Waals surface area (Å²) in [6.07, 6.45) is 7.85. The highest BCUT2D eigenvalue weighted by Crippen LogP contribution is 2.64. The van der Waals surface area contributed by atoms with Gasteiger partial charge in [-0.05, 0) is 67.1 Å². The molecule has 0 saturated heterocycles. The molecule has 4 fully saturated rings. The molecule has 0 aromatic rings. The Morgan fingerprint density at radius 3 is 2.00 bits per heavy atom. The predicted octanol–water partition coefficient (Wildman–Crippen LogP) is 4.10. The van der Waals surface area contributed by atoms with Crippen LogP contribution in [-0.2, 0) is 0 Å². The van der Waals surface area contributed by atoms with E-state index in [1.165, 1.54) is 0 Å². The van der Waals surface area contributed by atoms with Crippen molar-refractivity contribution in [2.75, 3.05) is 0 Å². The zero-order valence-electron chi connectivity index (χ0n) is 9.92. The first-order valence-corrected chi connectivity index (χ1v) is 6.58. The van der Waals surface area contributed by atoms with Crippen molar-refractivity contribution >= 4 is 0 Å². The topological polar surface area (TPSA) is 0 Å². The van der Waals surface area contributed by atoms with E-state index in [0.717, 1.165) is 35.0 Å². The molecular weight excluding hydrogens is 168 g/mol. The average Bonchev–Trinajstić information content (AvgIpc) is 1.97. The quantitative estimate of drug-likeness (QED) is 0.586. The first-order valence-electron chi connectivity index (χ1n) is 6.58. The van der Waals surface area contributed by atoms with Crippen LogP contribution in [0.25, 0.3) is 0 Å². The second kappa shape index (κ2) is 2.77. The molecular formula is C14H24. The van der Waals surface area contributed by atoms with Crippen LogP contribution < -0.4 is 0 Å². The van der Waals surface area contributed by atoms with Gasteiger partial charge in [-0.2, -0.15) is 0 Å². The van der Waals surface area contributed by atoms with Crippen LogP contribution in [0.15, 0.2) is 0 Å². The van der Waals surface area contributed by atoms with Gasteiger partial charge in [0, 0.05) is 0 Å². The van der Waals surface area contributed by atoms with Gasteiger partial charge in [0.1, 0.15) is 0 Å². The number of hydrogen-bond acceptors (Lipinski definition) is 0. The molecule has 3 atom stereocenters. The summed E-state index contributed by atoms with van der Waals surface area (Å²) in [5.74, 6) is 5.31. The average molecular weight is 192 g/mol. The first-order chi connectivity index (χ1) is 6.58. The molecule has 4 rings (SSSR count). The molecule has 4 aliphatic carbocycles. The Balaban J connectivity index is 1.94. The van der Waals surface area contributed by atoms with Crippen molar-refractivity contribution in [3.63, 3.8) is 0 Å². The second-order valence-electron chi connectivity index (χ2n) is 7.03. The van der Waals surface area contributed by atoms with E-state index in [2.05, 4.69) is 20.8 Å². The van der Waals surface area contributed by atoms with Crippen LogP contribution in [0, 0.1) is 35.0 Å². The minimum Gasteiger partial charge on any atom is -0.0625 e. The van der Waals surface area contributed by atoms with Gasteiger partial charge in [0.15, 0.2) is 0 Å².